The molecular formula is C18H23N5O2. The van der Waals surface area contributed by atoms with Crippen LogP contribution in [0.2, 0.25) is 0 Å². The first-order valence-electron chi connectivity index (χ1n) is 8.60. The molecule has 132 valence electrons. The minimum absolute atomic E-state index is 0.0820. The molecule has 1 aliphatic heterocycles. The highest BCUT2D eigenvalue weighted by Crippen LogP contribution is 2.24. The zero-order valence-corrected chi connectivity index (χ0v) is 14.8. The first kappa shape index (κ1) is 16.2. The molecule has 0 unspecified atom stereocenters. The lowest BCUT2D eigenvalue weighted by Gasteiger charge is -2.30. The number of aromatic nitrogens is 4. The van der Waals surface area contributed by atoms with Crippen LogP contribution in [-0.4, -0.2) is 44.8 Å². The highest BCUT2D eigenvalue weighted by molar-refractivity contribution is 5.72. The topological polar surface area (TPSA) is 80.1 Å². The zero-order chi connectivity index (χ0) is 17.4. The SMILES string of the molecule is CC(C)(C)c1n[nH]c([C@H]2CN(Cc3nc4ccccc4o3)CCO2)n1. The van der Waals surface area contributed by atoms with Crippen molar-refractivity contribution in [1.29, 1.82) is 0 Å². The first-order chi connectivity index (χ1) is 12.0. The predicted octanol–water partition coefficient (Wildman–Crippen LogP) is 2.82. The predicted molar refractivity (Wildman–Crippen MR) is 93.1 cm³/mol. The van der Waals surface area contributed by atoms with Gasteiger partial charge in [-0.05, 0) is 12.1 Å². The van der Waals surface area contributed by atoms with Gasteiger partial charge in [-0.3, -0.25) is 10.00 Å². The number of hydrogen-bond donors (Lipinski definition) is 1. The Morgan fingerprint density at radius 1 is 1.24 bits per heavy atom. The Balaban J connectivity index is 1.46. The standard InChI is InChI=1S/C18H23N5O2/c1-18(2,3)17-20-16(21-22-17)14-10-23(8-9-24-14)11-15-19-12-6-4-5-7-13(12)25-15/h4-7,14H,8-11H2,1-3H3,(H,20,21,22)/t14-/m1/s1. The third-order valence-electron chi connectivity index (χ3n) is 4.33. The Kier molecular flexibility index (Phi) is 4.05. The van der Waals surface area contributed by atoms with E-state index in [1.165, 1.54) is 0 Å². The number of H-pyrrole nitrogens is 1. The average molecular weight is 341 g/mol. The molecule has 2 aromatic heterocycles. The van der Waals surface area contributed by atoms with Crippen LogP contribution in [0.5, 0.6) is 0 Å². The van der Waals surface area contributed by atoms with Gasteiger partial charge in [0, 0.05) is 18.5 Å². The Morgan fingerprint density at radius 3 is 2.84 bits per heavy atom. The smallest absolute Gasteiger partial charge is 0.209 e. The Labute approximate surface area is 146 Å². The molecule has 1 aliphatic rings. The van der Waals surface area contributed by atoms with Crippen molar-refractivity contribution in [2.75, 3.05) is 19.7 Å². The van der Waals surface area contributed by atoms with Gasteiger partial charge in [0.1, 0.15) is 11.6 Å². The van der Waals surface area contributed by atoms with Gasteiger partial charge in [0.05, 0.1) is 13.2 Å². The number of morpholine rings is 1. The molecule has 0 bridgehead atoms. The molecule has 4 rings (SSSR count). The van der Waals surface area contributed by atoms with Gasteiger partial charge in [0.25, 0.3) is 0 Å². The lowest BCUT2D eigenvalue weighted by molar-refractivity contribution is -0.0391. The number of ether oxygens (including phenoxy) is 1. The number of fused-ring (bicyclic) bond motifs is 1. The summed E-state index contributed by atoms with van der Waals surface area (Å²) in [6.07, 6.45) is -0.110. The molecule has 3 aromatic rings. The van der Waals surface area contributed by atoms with Crippen molar-refractivity contribution in [3.05, 3.63) is 41.8 Å². The molecular weight excluding hydrogens is 318 g/mol. The summed E-state index contributed by atoms with van der Waals surface area (Å²) >= 11 is 0. The van der Waals surface area contributed by atoms with Gasteiger partial charge in [0.15, 0.2) is 17.2 Å². The van der Waals surface area contributed by atoms with Crippen molar-refractivity contribution in [3.63, 3.8) is 0 Å². The van der Waals surface area contributed by atoms with Crippen molar-refractivity contribution in [3.8, 4) is 0 Å². The lowest BCUT2D eigenvalue weighted by Crippen LogP contribution is -2.38. The third-order valence-corrected chi connectivity index (χ3v) is 4.33. The van der Waals surface area contributed by atoms with E-state index in [0.29, 0.717) is 13.2 Å². The maximum absolute atomic E-state index is 5.89. The zero-order valence-electron chi connectivity index (χ0n) is 14.8. The van der Waals surface area contributed by atoms with Crippen LogP contribution in [0.15, 0.2) is 28.7 Å². The normalized spacial score (nSPS) is 19.6. The summed E-state index contributed by atoms with van der Waals surface area (Å²) in [5.74, 6) is 2.32. The van der Waals surface area contributed by atoms with E-state index in [1.807, 2.05) is 24.3 Å². The molecule has 0 saturated carbocycles. The summed E-state index contributed by atoms with van der Waals surface area (Å²) in [6.45, 7) is 9.18. The second kappa shape index (κ2) is 6.24. The second-order valence-electron chi connectivity index (χ2n) is 7.46. The number of para-hydroxylation sites is 2. The Bertz CT molecular complexity index is 831. The van der Waals surface area contributed by atoms with E-state index in [-0.39, 0.29) is 11.5 Å². The Hall–Kier alpha value is -2.25. The van der Waals surface area contributed by atoms with Gasteiger partial charge >= 0.3 is 0 Å². The molecule has 1 N–H and O–H groups in total. The van der Waals surface area contributed by atoms with Crippen molar-refractivity contribution >= 4 is 11.1 Å². The largest absolute Gasteiger partial charge is 0.439 e. The second-order valence-corrected chi connectivity index (χ2v) is 7.46. The molecule has 3 heterocycles. The number of benzene rings is 1. The van der Waals surface area contributed by atoms with Gasteiger partial charge in [-0.1, -0.05) is 32.9 Å². The van der Waals surface area contributed by atoms with E-state index >= 15 is 0 Å². The van der Waals surface area contributed by atoms with Crippen LogP contribution in [-0.2, 0) is 16.7 Å². The molecule has 1 aromatic carbocycles. The van der Waals surface area contributed by atoms with Crippen molar-refractivity contribution in [2.45, 2.75) is 38.8 Å². The molecule has 7 heteroatoms. The van der Waals surface area contributed by atoms with Crippen LogP contribution in [0, 0.1) is 0 Å². The third kappa shape index (κ3) is 3.43. The summed E-state index contributed by atoms with van der Waals surface area (Å²) in [6, 6.07) is 7.83. The molecule has 1 atom stereocenters. The fourth-order valence-electron chi connectivity index (χ4n) is 2.94. The summed E-state index contributed by atoms with van der Waals surface area (Å²) < 4.78 is 11.7. The number of aromatic amines is 1. The fourth-order valence-corrected chi connectivity index (χ4v) is 2.94. The van der Waals surface area contributed by atoms with Crippen molar-refractivity contribution in [2.24, 2.45) is 0 Å². The lowest BCUT2D eigenvalue weighted by atomic mass is 9.96. The number of nitrogens with one attached hydrogen (secondary N) is 1. The van der Waals surface area contributed by atoms with Crippen LogP contribution in [0.25, 0.3) is 11.1 Å². The molecule has 1 fully saturated rings. The van der Waals surface area contributed by atoms with Crippen molar-refractivity contribution in [1.82, 2.24) is 25.1 Å². The summed E-state index contributed by atoms with van der Waals surface area (Å²) in [7, 11) is 0. The summed E-state index contributed by atoms with van der Waals surface area (Å²) in [4.78, 5) is 11.5. The average Bonchev–Trinajstić information content (AvgIpc) is 3.21. The van der Waals surface area contributed by atoms with E-state index in [9.17, 15) is 0 Å². The maximum atomic E-state index is 5.89. The van der Waals surface area contributed by atoms with Gasteiger partial charge < -0.3 is 9.15 Å². The van der Waals surface area contributed by atoms with E-state index in [0.717, 1.165) is 41.7 Å². The highest BCUT2D eigenvalue weighted by atomic mass is 16.5. The van der Waals surface area contributed by atoms with Crippen LogP contribution in [0.4, 0.5) is 0 Å². The minimum atomic E-state index is -0.110. The minimum Gasteiger partial charge on any atom is -0.439 e. The van der Waals surface area contributed by atoms with E-state index in [1.54, 1.807) is 0 Å². The number of nitrogens with zero attached hydrogens (tertiary/aromatic N) is 4. The number of oxazole rings is 1. The van der Waals surface area contributed by atoms with E-state index in [4.69, 9.17) is 9.15 Å². The fraction of sp³-hybridized carbons (Fsp3) is 0.500. The van der Waals surface area contributed by atoms with Crippen LogP contribution >= 0.6 is 0 Å². The van der Waals surface area contributed by atoms with Crippen LogP contribution < -0.4 is 0 Å². The van der Waals surface area contributed by atoms with Gasteiger partial charge in [-0.15, -0.1) is 0 Å². The molecule has 25 heavy (non-hydrogen) atoms. The molecule has 0 radical (unpaired) electrons. The van der Waals surface area contributed by atoms with Crippen molar-refractivity contribution < 1.29 is 9.15 Å². The van der Waals surface area contributed by atoms with Gasteiger partial charge in [-0.25, -0.2) is 9.97 Å². The number of rotatable bonds is 3. The van der Waals surface area contributed by atoms with Gasteiger partial charge in [-0.2, -0.15) is 5.10 Å². The highest BCUT2D eigenvalue weighted by Gasteiger charge is 2.28. The first-order valence-corrected chi connectivity index (χ1v) is 8.60. The van der Waals surface area contributed by atoms with E-state index in [2.05, 4.69) is 45.8 Å². The molecule has 0 amide bonds. The monoisotopic (exact) mass is 341 g/mol. The molecule has 1 saturated heterocycles. The van der Waals surface area contributed by atoms with Crippen LogP contribution in [0.1, 0.15) is 44.4 Å². The van der Waals surface area contributed by atoms with E-state index < -0.39 is 0 Å². The van der Waals surface area contributed by atoms with Gasteiger partial charge in [0.2, 0.25) is 5.89 Å². The summed E-state index contributed by atoms with van der Waals surface area (Å²) in [5, 5.41) is 7.37. The number of hydrogen-bond acceptors (Lipinski definition) is 6. The molecule has 0 spiro atoms. The molecule has 0 aliphatic carbocycles. The maximum Gasteiger partial charge on any atom is 0.209 e. The quantitative estimate of drug-likeness (QED) is 0.789. The Morgan fingerprint density at radius 2 is 2.08 bits per heavy atom. The van der Waals surface area contributed by atoms with Crippen LogP contribution in [0.3, 0.4) is 0 Å². The summed E-state index contributed by atoms with van der Waals surface area (Å²) in [5.41, 5.74) is 1.64. The molecule has 7 nitrogen and oxygen atoms in total.